The van der Waals surface area contributed by atoms with Gasteiger partial charge in [0.15, 0.2) is 5.78 Å². The van der Waals surface area contributed by atoms with Gasteiger partial charge in [-0.3, -0.25) is 14.4 Å². The molecule has 0 spiro atoms. The van der Waals surface area contributed by atoms with E-state index in [1.807, 2.05) is 44.2 Å². The predicted octanol–water partition coefficient (Wildman–Crippen LogP) is 3.46. The second kappa shape index (κ2) is 12.1. The van der Waals surface area contributed by atoms with E-state index >= 15 is 0 Å². The van der Waals surface area contributed by atoms with E-state index in [1.165, 1.54) is 29.5 Å². The molecular weight excluding hydrogens is 536 g/mol. The first-order valence-corrected chi connectivity index (χ1v) is 15.0. The molecule has 11 heteroatoms. The molecule has 9 nitrogen and oxygen atoms in total. The minimum Gasteiger partial charge on any atom is -0.344 e. The van der Waals surface area contributed by atoms with Crippen molar-refractivity contribution in [3.8, 4) is 6.07 Å². The zero-order chi connectivity index (χ0) is 28.2. The molecule has 3 aromatic rings. The van der Waals surface area contributed by atoms with E-state index in [0.29, 0.717) is 17.7 Å². The molecule has 2 amide bonds. The van der Waals surface area contributed by atoms with E-state index in [2.05, 4.69) is 10.6 Å². The maximum Gasteiger partial charge on any atom is 0.262 e. The van der Waals surface area contributed by atoms with Crippen LogP contribution in [0.5, 0.6) is 0 Å². The number of nitrogens with zero attached hydrogens (tertiary/aromatic N) is 2. The maximum atomic E-state index is 13.3. The summed E-state index contributed by atoms with van der Waals surface area (Å²) in [6.45, 7) is 3.53. The number of nitrogens with one attached hydrogen (secondary N) is 2. The fourth-order valence-electron chi connectivity index (χ4n) is 4.58. The molecule has 39 heavy (non-hydrogen) atoms. The van der Waals surface area contributed by atoms with Crippen LogP contribution in [-0.2, 0) is 19.6 Å². The van der Waals surface area contributed by atoms with Gasteiger partial charge in [0.1, 0.15) is 12.1 Å². The monoisotopic (exact) mass is 566 g/mol. The molecule has 2 aromatic carbocycles. The third-order valence-corrected chi connectivity index (χ3v) is 9.56. The first-order valence-electron chi connectivity index (χ1n) is 12.7. The number of hydrogen-bond acceptors (Lipinski definition) is 7. The van der Waals surface area contributed by atoms with Crippen molar-refractivity contribution in [3.05, 3.63) is 65.0 Å². The lowest BCUT2D eigenvalue weighted by atomic mass is 10.0. The molecule has 4 rings (SSSR count). The third-order valence-electron chi connectivity index (χ3n) is 6.54. The summed E-state index contributed by atoms with van der Waals surface area (Å²) in [5.74, 6) is -1.20. The van der Waals surface area contributed by atoms with Crippen LogP contribution < -0.4 is 10.6 Å². The van der Waals surface area contributed by atoms with Crippen molar-refractivity contribution in [2.75, 3.05) is 13.1 Å². The van der Waals surface area contributed by atoms with Crippen molar-refractivity contribution < 1.29 is 22.8 Å². The minimum atomic E-state index is -4.08. The van der Waals surface area contributed by atoms with Gasteiger partial charge in [-0.1, -0.05) is 44.2 Å². The van der Waals surface area contributed by atoms with E-state index in [9.17, 15) is 28.1 Å². The molecule has 204 valence electrons. The molecule has 2 N–H and O–H groups in total. The Morgan fingerprint density at radius 3 is 2.59 bits per heavy atom. The summed E-state index contributed by atoms with van der Waals surface area (Å²) in [6, 6.07) is 15.4. The SMILES string of the molecule is CC(C)CC(NC(=O)c1cc2ccccc2s1)C(=O)N[C@@H]1CCCN(S(=O)(=O)c2ccccc2C#N)CC1=O. The highest BCUT2D eigenvalue weighted by Crippen LogP contribution is 2.26. The Labute approximate surface area is 231 Å². The Kier molecular flexibility index (Phi) is 8.80. The van der Waals surface area contributed by atoms with Crippen LogP contribution >= 0.6 is 11.3 Å². The second-order valence-corrected chi connectivity index (χ2v) is 12.9. The molecule has 1 unspecified atom stereocenters. The fraction of sp³-hybridized carbons (Fsp3) is 0.357. The largest absolute Gasteiger partial charge is 0.344 e. The topological polar surface area (TPSA) is 136 Å². The molecule has 1 fully saturated rings. The molecule has 0 radical (unpaired) electrons. The van der Waals surface area contributed by atoms with Crippen molar-refractivity contribution >= 4 is 49.0 Å². The van der Waals surface area contributed by atoms with Crippen LogP contribution in [0.15, 0.2) is 59.5 Å². The Bertz CT molecular complexity index is 1510. The lowest BCUT2D eigenvalue weighted by Crippen LogP contribution is -2.52. The number of carbonyl (C=O) groups excluding carboxylic acids is 3. The van der Waals surface area contributed by atoms with Crippen LogP contribution in [0.4, 0.5) is 0 Å². The summed E-state index contributed by atoms with van der Waals surface area (Å²) in [5, 5.41) is 15.9. The molecule has 0 aliphatic carbocycles. The number of thiophene rings is 1. The molecule has 2 heterocycles. The standard InChI is InChI=1S/C28H30N4O5S2/c1-18(2)14-22(31-28(35)25-15-19-8-3-5-11-24(19)38-25)27(34)30-21-10-7-13-32(17-23(21)33)39(36,37)26-12-6-4-9-20(26)16-29/h3-6,8-9,11-12,15,18,21-22H,7,10,13-14,17H2,1-2H3,(H,30,34)(H,31,35)/t21-,22?/m1/s1. The van der Waals surface area contributed by atoms with Gasteiger partial charge in [0.2, 0.25) is 15.9 Å². The normalized spacial score (nSPS) is 17.4. The average Bonchev–Trinajstić information content (AvgIpc) is 3.26. The number of ketones is 1. The van der Waals surface area contributed by atoms with Crippen LogP contribution in [0.25, 0.3) is 10.1 Å². The van der Waals surface area contributed by atoms with Crippen molar-refractivity contribution in [1.29, 1.82) is 5.26 Å². The Balaban J connectivity index is 1.46. The van der Waals surface area contributed by atoms with E-state index in [-0.39, 0.29) is 35.2 Å². The number of fused-ring (bicyclic) bond motifs is 1. The van der Waals surface area contributed by atoms with E-state index in [0.717, 1.165) is 14.4 Å². The third kappa shape index (κ3) is 6.53. The van der Waals surface area contributed by atoms with Crippen molar-refractivity contribution in [2.24, 2.45) is 5.92 Å². The van der Waals surface area contributed by atoms with Gasteiger partial charge >= 0.3 is 0 Å². The van der Waals surface area contributed by atoms with Gasteiger partial charge in [-0.2, -0.15) is 9.57 Å². The second-order valence-electron chi connectivity index (χ2n) is 9.92. The molecule has 2 atom stereocenters. The van der Waals surface area contributed by atoms with Gasteiger partial charge < -0.3 is 10.6 Å². The maximum absolute atomic E-state index is 13.3. The van der Waals surface area contributed by atoms with Crippen LogP contribution in [0.1, 0.15) is 48.3 Å². The summed E-state index contributed by atoms with van der Waals surface area (Å²) >= 11 is 1.34. The lowest BCUT2D eigenvalue weighted by molar-refractivity contribution is -0.129. The summed E-state index contributed by atoms with van der Waals surface area (Å²) < 4.78 is 28.5. The van der Waals surface area contributed by atoms with E-state index in [1.54, 1.807) is 12.1 Å². The summed E-state index contributed by atoms with van der Waals surface area (Å²) in [5.41, 5.74) is 0.00459. The predicted molar refractivity (Wildman–Crippen MR) is 149 cm³/mol. The fourth-order valence-corrected chi connectivity index (χ4v) is 7.13. The molecular formula is C28H30N4O5S2. The zero-order valence-corrected chi connectivity index (χ0v) is 23.3. The molecule has 0 saturated carbocycles. The van der Waals surface area contributed by atoms with Crippen LogP contribution in [0, 0.1) is 17.2 Å². The number of nitriles is 1. The number of Topliss-reactive ketones (excluding diaryl/α,β-unsaturated/α-hetero) is 1. The smallest absolute Gasteiger partial charge is 0.262 e. The van der Waals surface area contributed by atoms with Crippen molar-refractivity contribution in [3.63, 3.8) is 0 Å². The molecule has 1 aromatic heterocycles. The van der Waals surface area contributed by atoms with Gasteiger partial charge in [-0.05, 0) is 54.8 Å². The highest BCUT2D eigenvalue weighted by molar-refractivity contribution is 7.89. The van der Waals surface area contributed by atoms with Gasteiger partial charge in [0.25, 0.3) is 5.91 Å². The van der Waals surface area contributed by atoms with Crippen LogP contribution in [-0.4, -0.2) is 55.5 Å². The number of hydrogen-bond donors (Lipinski definition) is 2. The van der Waals surface area contributed by atoms with Gasteiger partial charge in [-0.15, -0.1) is 11.3 Å². The number of sulfonamides is 1. The van der Waals surface area contributed by atoms with Crippen LogP contribution in [0.3, 0.4) is 0 Å². The summed E-state index contributed by atoms with van der Waals surface area (Å²) in [6.07, 6.45) is 0.970. The quantitative estimate of drug-likeness (QED) is 0.429. The molecule has 1 saturated heterocycles. The zero-order valence-electron chi connectivity index (χ0n) is 21.7. The first-order chi connectivity index (χ1) is 18.6. The van der Waals surface area contributed by atoms with Crippen molar-refractivity contribution in [2.45, 2.75) is 50.1 Å². The minimum absolute atomic E-state index is 0.00459. The summed E-state index contributed by atoms with van der Waals surface area (Å²) in [7, 11) is -4.08. The highest BCUT2D eigenvalue weighted by Gasteiger charge is 2.35. The molecule has 1 aliphatic rings. The van der Waals surface area contributed by atoms with E-state index < -0.39 is 40.3 Å². The van der Waals surface area contributed by atoms with Gasteiger partial charge in [0.05, 0.1) is 27.9 Å². The highest BCUT2D eigenvalue weighted by atomic mass is 32.2. The lowest BCUT2D eigenvalue weighted by Gasteiger charge is -2.23. The molecule has 1 aliphatic heterocycles. The van der Waals surface area contributed by atoms with Crippen molar-refractivity contribution in [1.82, 2.24) is 14.9 Å². The van der Waals surface area contributed by atoms with Gasteiger partial charge in [0, 0.05) is 11.2 Å². The number of rotatable bonds is 8. The molecule has 0 bridgehead atoms. The van der Waals surface area contributed by atoms with Crippen LogP contribution in [0.2, 0.25) is 0 Å². The number of carbonyl (C=O) groups is 3. The first kappa shape index (κ1) is 28.4. The van der Waals surface area contributed by atoms with E-state index in [4.69, 9.17) is 0 Å². The Hall–Kier alpha value is -3.59. The Morgan fingerprint density at radius 1 is 1.15 bits per heavy atom. The van der Waals surface area contributed by atoms with Gasteiger partial charge in [-0.25, -0.2) is 8.42 Å². The number of amides is 2. The summed E-state index contributed by atoms with van der Waals surface area (Å²) in [4.78, 5) is 39.8. The Morgan fingerprint density at radius 2 is 1.87 bits per heavy atom. The average molecular weight is 567 g/mol. The number of benzene rings is 2.